The number of phenolic OH excluding ortho intramolecular Hbond substituents is 1. The lowest BCUT2D eigenvalue weighted by Crippen LogP contribution is -2.17. The van der Waals surface area contributed by atoms with E-state index in [-0.39, 0.29) is 16.9 Å². The fourth-order valence-electron chi connectivity index (χ4n) is 3.53. The normalized spacial score (nSPS) is 13.7. The van der Waals surface area contributed by atoms with Crippen LogP contribution >= 0.6 is 0 Å². The number of nitrogens with one attached hydrogen (secondary N) is 1. The van der Waals surface area contributed by atoms with Gasteiger partial charge in [-0.2, -0.15) is 0 Å². The minimum atomic E-state index is -0.154. The van der Waals surface area contributed by atoms with Gasteiger partial charge >= 0.3 is 0 Å². The summed E-state index contributed by atoms with van der Waals surface area (Å²) in [7, 11) is 0. The highest BCUT2D eigenvalue weighted by molar-refractivity contribution is 5.66. The quantitative estimate of drug-likeness (QED) is 0.486. The predicted octanol–water partition coefficient (Wildman–Crippen LogP) is 6.35. The second-order valence-corrected chi connectivity index (χ2v) is 10.1. The van der Waals surface area contributed by atoms with Crippen LogP contribution in [0.5, 0.6) is 5.75 Å². The number of H-pyrrole nitrogens is 1. The molecule has 0 saturated heterocycles. The Balaban J connectivity index is 2.36. The molecule has 0 radical (unpaired) electrons. The number of aromatic nitrogens is 2. The molecule has 1 aromatic heterocycles. The van der Waals surface area contributed by atoms with Crippen molar-refractivity contribution in [2.45, 2.75) is 97.4 Å². The topological polar surface area (TPSA) is 74.9 Å². The third-order valence-corrected chi connectivity index (χ3v) is 5.35. The zero-order valence-corrected chi connectivity index (χ0v) is 18.8. The number of hydrogen-bond donors (Lipinski definition) is 3. The maximum atomic E-state index is 10.9. The van der Waals surface area contributed by atoms with E-state index < -0.39 is 0 Å². The van der Waals surface area contributed by atoms with E-state index >= 15 is 0 Å². The first-order valence-electron chi connectivity index (χ1n) is 10.6. The van der Waals surface area contributed by atoms with Crippen LogP contribution in [0, 0.1) is 0 Å². The summed E-state index contributed by atoms with van der Waals surface area (Å²) >= 11 is 0. The Kier molecular flexibility index (Phi) is 6.97. The number of nitrogens with zero attached hydrogens (tertiary/aromatic N) is 1. The molecular weight excluding hydrogens is 346 g/mol. The second-order valence-electron chi connectivity index (χ2n) is 10.1. The van der Waals surface area contributed by atoms with Crippen molar-refractivity contribution in [2.75, 3.05) is 0 Å². The van der Waals surface area contributed by atoms with Gasteiger partial charge in [0, 0.05) is 16.7 Å². The molecule has 0 aliphatic rings. The van der Waals surface area contributed by atoms with Gasteiger partial charge in [-0.15, -0.1) is 0 Å². The highest BCUT2D eigenvalue weighted by Crippen LogP contribution is 2.41. The number of phenols is 1. The predicted molar refractivity (Wildman–Crippen MR) is 119 cm³/mol. The first-order valence-corrected chi connectivity index (χ1v) is 10.6. The molecule has 4 heteroatoms. The van der Waals surface area contributed by atoms with E-state index in [4.69, 9.17) is 5.73 Å². The zero-order valence-electron chi connectivity index (χ0n) is 18.8. The monoisotopic (exact) mass is 385 g/mol. The van der Waals surface area contributed by atoms with Crippen molar-refractivity contribution in [3.63, 3.8) is 0 Å². The minimum Gasteiger partial charge on any atom is -0.507 e. The van der Waals surface area contributed by atoms with Crippen molar-refractivity contribution in [3.8, 4) is 17.0 Å². The summed E-state index contributed by atoms with van der Waals surface area (Å²) in [5.41, 5.74) is 9.96. The molecule has 4 N–H and O–H groups in total. The number of aromatic amines is 1. The van der Waals surface area contributed by atoms with E-state index in [9.17, 15) is 5.11 Å². The van der Waals surface area contributed by atoms with Gasteiger partial charge in [-0.05, 0) is 29.4 Å². The van der Waals surface area contributed by atoms with E-state index in [0.717, 1.165) is 41.1 Å². The summed E-state index contributed by atoms with van der Waals surface area (Å²) in [4.78, 5) is 7.98. The van der Waals surface area contributed by atoms with E-state index in [1.165, 1.54) is 19.3 Å². The Morgan fingerprint density at radius 2 is 1.57 bits per heavy atom. The van der Waals surface area contributed by atoms with Gasteiger partial charge in [0.1, 0.15) is 11.6 Å². The Morgan fingerprint density at radius 3 is 2.07 bits per heavy atom. The first-order chi connectivity index (χ1) is 12.9. The molecule has 1 atom stereocenters. The molecule has 0 aliphatic heterocycles. The number of nitrogens with two attached hydrogens (primary N) is 1. The van der Waals surface area contributed by atoms with Crippen LogP contribution in [0.2, 0.25) is 0 Å². The first kappa shape index (κ1) is 22.5. The van der Waals surface area contributed by atoms with Crippen molar-refractivity contribution < 1.29 is 5.11 Å². The lowest BCUT2D eigenvalue weighted by Gasteiger charge is -2.28. The van der Waals surface area contributed by atoms with Gasteiger partial charge < -0.3 is 15.8 Å². The van der Waals surface area contributed by atoms with Gasteiger partial charge in [-0.25, -0.2) is 4.98 Å². The maximum Gasteiger partial charge on any atom is 0.123 e. The summed E-state index contributed by atoms with van der Waals surface area (Å²) < 4.78 is 0. The lowest BCUT2D eigenvalue weighted by atomic mass is 9.78. The highest BCUT2D eigenvalue weighted by atomic mass is 16.3. The van der Waals surface area contributed by atoms with Crippen molar-refractivity contribution in [1.29, 1.82) is 0 Å². The van der Waals surface area contributed by atoms with Crippen molar-refractivity contribution >= 4 is 0 Å². The Bertz CT molecular complexity index is 743. The van der Waals surface area contributed by atoms with Crippen LogP contribution in [-0.4, -0.2) is 15.1 Å². The minimum absolute atomic E-state index is 0.0631. The summed E-state index contributed by atoms with van der Waals surface area (Å²) in [5, 5.41) is 10.9. The van der Waals surface area contributed by atoms with Gasteiger partial charge in [-0.1, -0.05) is 74.1 Å². The van der Waals surface area contributed by atoms with Crippen LogP contribution in [0.3, 0.4) is 0 Å². The number of imidazole rings is 1. The number of benzene rings is 1. The fraction of sp³-hybridized carbons (Fsp3) is 0.625. The molecule has 2 aromatic rings. The standard InChI is InChI=1S/C24H39N3O/c1-8-9-10-11-12-19(25)22-26-15-20(27-22)16-13-17(23(2,3)4)21(28)18(14-16)24(5,6)7/h13-15,19,28H,8-12,25H2,1-7H3,(H,26,27)/t19-/m1/s1. The Morgan fingerprint density at radius 1 is 1.00 bits per heavy atom. The van der Waals surface area contributed by atoms with Crippen molar-refractivity contribution in [2.24, 2.45) is 5.73 Å². The second kappa shape index (κ2) is 8.69. The van der Waals surface area contributed by atoms with Gasteiger partial charge in [0.25, 0.3) is 0 Å². The van der Waals surface area contributed by atoms with Gasteiger partial charge in [0.15, 0.2) is 0 Å². The van der Waals surface area contributed by atoms with Crippen molar-refractivity contribution in [1.82, 2.24) is 9.97 Å². The molecule has 156 valence electrons. The molecule has 0 aliphatic carbocycles. The summed E-state index contributed by atoms with van der Waals surface area (Å²) in [6.45, 7) is 15.0. The maximum absolute atomic E-state index is 10.9. The number of hydrogen-bond acceptors (Lipinski definition) is 3. The Hall–Kier alpha value is -1.81. The molecule has 0 bridgehead atoms. The largest absolute Gasteiger partial charge is 0.507 e. The molecule has 28 heavy (non-hydrogen) atoms. The van der Waals surface area contributed by atoms with Gasteiger partial charge in [0.2, 0.25) is 0 Å². The van der Waals surface area contributed by atoms with Crippen LogP contribution in [0.4, 0.5) is 0 Å². The van der Waals surface area contributed by atoms with E-state index in [1.54, 1.807) is 0 Å². The third-order valence-electron chi connectivity index (χ3n) is 5.35. The molecule has 0 unspecified atom stereocenters. The van der Waals surface area contributed by atoms with E-state index in [1.807, 2.05) is 6.20 Å². The molecular formula is C24H39N3O. The molecule has 4 nitrogen and oxygen atoms in total. The van der Waals surface area contributed by atoms with E-state index in [2.05, 4.69) is 70.6 Å². The highest BCUT2D eigenvalue weighted by Gasteiger charge is 2.27. The Labute approximate surface area is 171 Å². The molecule has 1 heterocycles. The SMILES string of the molecule is CCCCCC[C@@H](N)c1ncc(-c2cc(C(C)(C)C)c(O)c(C(C)(C)C)c2)[nH]1. The van der Waals surface area contributed by atoms with Gasteiger partial charge in [0.05, 0.1) is 17.9 Å². The number of aromatic hydroxyl groups is 1. The summed E-state index contributed by atoms with van der Waals surface area (Å²) in [6.07, 6.45) is 7.66. The van der Waals surface area contributed by atoms with Crippen LogP contribution in [0.25, 0.3) is 11.3 Å². The molecule has 1 aromatic carbocycles. The van der Waals surface area contributed by atoms with Crippen LogP contribution in [0.15, 0.2) is 18.3 Å². The molecule has 0 amide bonds. The van der Waals surface area contributed by atoms with Crippen LogP contribution < -0.4 is 5.73 Å². The van der Waals surface area contributed by atoms with Gasteiger partial charge in [-0.3, -0.25) is 0 Å². The number of rotatable bonds is 7. The third kappa shape index (κ3) is 5.38. The van der Waals surface area contributed by atoms with E-state index in [0.29, 0.717) is 5.75 Å². The molecule has 0 fully saturated rings. The lowest BCUT2D eigenvalue weighted by molar-refractivity contribution is 0.423. The fourth-order valence-corrected chi connectivity index (χ4v) is 3.53. The van der Waals surface area contributed by atoms with Crippen LogP contribution in [0.1, 0.15) is 104 Å². The molecule has 0 saturated carbocycles. The van der Waals surface area contributed by atoms with Crippen LogP contribution in [-0.2, 0) is 10.8 Å². The summed E-state index contributed by atoms with van der Waals surface area (Å²) in [6, 6.07) is 4.09. The molecule has 2 rings (SSSR count). The summed E-state index contributed by atoms with van der Waals surface area (Å²) in [5.74, 6) is 1.24. The average molecular weight is 386 g/mol. The average Bonchev–Trinajstić information content (AvgIpc) is 3.07. The zero-order chi connectivity index (χ0) is 21.1. The van der Waals surface area contributed by atoms with Crippen molar-refractivity contribution in [3.05, 3.63) is 35.3 Å². The number of unbranched alkanes of at least 4 members (excludes halogenated alkanes) is 3. The smallest absolute Gasteiger partial charge is 0.123 e. The molecule has 0 spiro atoms.